The molecule has 0 saturated heterocycles. The van der Waals surface area contributed by atoms with E-state index in [9.17, 15) is 0 Å². The normalized spacial score (nSPS) is 11.1. The van der Waals surface area contributed by atoms with Crippen molar-refractivity contribution in [2.45, 2.75) is 46.9 Å². The number of aromatic nitrogens is 2. The van der Waals surface area contributed by atoms with Gasteiger partial charge in [-0.3, -0.25) is 4.68 Å². The van der Waals surface area contributed by atoms with E-state index >= 15 is 0 Å². The molecule has 0 saturated carbocycles. The minimum absolute atomic E-state index is 0.491. The highest BCUT2D eigenvalue weighted by atomic mass is 16.5. The van der Waals surface area contributed by atoms with Crippen molar-refractivity contribution in [3.05, 3.63) is 46.8 Å². The van der Waals surface area contributed by atoms with E-state index in [0.717, 1.165) is 18.0 Å². The molecule has 21 heavy (non-hydrogen) atoms. The molecule has 0 amide bonds. The Hall–Kier alpha value is -1.81. The van der Waals surface area contributed by atoms with E-state index in [4.69, 9.17) is 4.74 Å². The van der Waals surface area contributed by atoms with Crippen LogP contribution in [0.3, 0.4) is 0 Å². The second-order valence-corrected chi connectivity index (χ2v) is 5.86. The van der Waals surface area contributed by atoms with Crippen LogP contribution >= 0.6 is 0 Å². The third-order valence-electron chi connectivity index (χ3n) is 3.37. The highest BCUT2D eigenvalue weighted by molar-refractivity contribution is 5.43. The van der Waals surface area contributed by atoms with Crippen LogP contribution < -0.4 is 10.1 Å². The van der Waals surface area contributed by atoms with Crippen LogP contribution in [0, 0.1) is 13.8 Å². The number of nitrogens with zero attached hydrogens (tertiary/aromatic N) is 2. The molecule has 1 aromatic heterocycles. The van der Waals surface area contributed by atoms with Gasteiger partial charge in [0.2, 0.25) is 0 Å². The molecule has 0 radical (unpaired) electrons. The number of hydrogen-bond acceptors (Lipinski definition) is 3. The Morgan fingerprint density at radius 3 is 2.43 bits per heavy atom. The maximum atomic E-state index is 5.95. The molecule has 0 fully saturated rings. The zero-order valence-electron chi connectivity index (χ0n) is 13.6. The Kier molecular flexibility index (Phi) is 5.02. The summed E-state index contributed by atoms with van der Waals surface area (Å²) in [6.45, 7) is 9.90. The smallest absolute Gasteiger partial charge is 0.132 e. The summed E-state index contributed by atoms with van der Waals surface area (Å²) in [5.74, 6) is 0.967. The van der Waals surface area contributed by atoms with Gasteiger partial charge in [-0.1, -0.05) is 26.0 Å². The standard InChI is InChI=1S/C17H25N3O/c1-12(2)18-10-15-8-13(3)17(14(4)9-15)21-11-16-6-7-20(5)19-16/h6-9,12,18H,10-11H2,1-5H3. The fourth-order valence-corrected chi connectivity index (χ4v) is 2.38. The summed E-state index contributed by atoms with van der Waals surface area (Å²) in [6, 6.07) is 6.85. The average molecular weight is 287 g/mol. The second-order valence-electron chi connectivity index (χ2n) is 5.86. The molecular weight excluding hydrogens is 262 g/mol. The van der Waals surface area contributed by atoms with Crippen LogP contribution in [0.1, 0.15) is 36.2 Å². The van der Waals surface area contributed by atoms with Gasteiger partial charge in [0.25, 0.3) is 0 Å². The summed E-state index contributed by atoms with van der Waals surface area (Å²) in [7, 11) is 1.91. The fraction of sp³-hybridized carbons (Fsp3) is 0.471. The Bertz CT molecular complexity index is 579. The van der Waals surface area contributed by atoms with Crippen molar-refractivity contribution in [3.8, 4) is 5.75 Å². The molecule has 0 spiro atoms. The van der Waals surface area contributed by atoms with E-state index < -0.39 is 0 Å². The van der Waals surface area contributed by atoms with Crippen molar-refractivity contribution < 1.29 is 4.74 Å². The molecule has 0 atom stereocenters. The van der Waals surface area contributed by atoms with Crippen molar-refractivity contribution in [1.29, 1.82) is 0 Å². The zero-order chi connectivity index (χ0) is 15.4. The van der Waals surface area contributed by atoms with E-state index in [2.05, 4.69) is 50.2 Å². The maximum absolute atomic E-state index is 5.95. The van der Waals surface area contributed by atoms with Crippen LogP contribution in [0.2, 0.25) is 0 Å². The van der Waals surface area contributed by atoms with E-state index in [-0.39, 0.29) is 0 Å². The maximum Gasteiger partial charge on any atom is 0.132 e. The molecule has 1 N–H and O–H groups in total. The molecular formula is C17H25N3O. The van der Waals surface area contributed by atoms with Gasteiger partial charge in [0, 0.05) is 25.8 Å². The zero-order valence-corrected chi connectivity index (χ0v) is 13.6. The minimum Gasteiger partial charge on any atom is -0.487 e. The largest absolute Gasteiger partial charge is 0.487 e. The highest BCUT2D eigenvalue weighted by Crippen LogP contribution is 2.25. The Labute approximate surface area is 127 Å². The third-order valence-corrected chi connectivity index (χ3v) is 3.37. The molecule has 2 aromatic rings. The topological polar surface area (TPSA) is 39.1 Å². The Morgan fingerprint density at radius 1 is 1.24 bits per heavy atom. The van der Waals surface area contributed by atoms with Gasteiger partial charge in [0.1, 0.15) is 12.4 Å². The van der Waals surface area contributed by atoms with Gasteiger partial charge in [0.15, 0.2) is 0 Å². The minimum atomic E-state index is 0.491. The first-order valence-electron chi connectivity index (χ1n) is 7.40. The number of aryl methyl sites for hydroxylation is 3. The van der Waals surface area contributed by atoms with Crippen molar-refractivity contribution in [2.24, 2.45) is 7.05 Å². The molecule has 114 valence electrons. The molecule has 0 unspecified atom stereocenters. The Balaban J connectivity index is 2.06. The van der Waals surface area contributed by atoms with Gasteiger partial charge in [-0.25, -0.2) is 0 Å². The highest BCUT2D eigenvalue weighted by Gasteiger charge is 2.08. The lowest BCUT2D eigenvalue weighted by Crippen LogP contribution is -2.21. The summed E-state index contributed by atoms with van der Waals surface area (Å²) in [4.78, 5) is 0. The molecule has 0 bridgehead atoms. The van der Waals surface area contributed by atoms with Gasteiger partial charge in [-0.2, -0.15) is 5.10 Å². The summed E-state index contributed by atoms with van der Waals surface area (Å²) in [6.07, 6.45) is 1.93. The van der Waals surface area contributed by atoms with Crippen molar-refractivity contribution in [1.82, 2.24) is 15.1 Å². The van der Waals surface area contributed by atoms with E-state index in [0.29, 0.717) is 12.6 Å². The van der Waals surface area contributed by atoms with E-state index in [1.165, 1.54) is 16.7 Å². The van der Waals surface area contributed by atoms with Crippen LogP contribution in [0.25, 0.3) is 0 Å². The molecule has 0 aliphatic rings. The van der Waals surface area contributed by atoms with E-state index in [1.807, 2.05) is 19.3 Å². The molecule has 4 heteroatoms. The summed E-state index contributed by atoms with van der Waals surface area (Å²) in [5, 5.41) is 7.78. The number of nitrogens with one attached hydrogen (secondary N) is 1. The van der Waals surface area contributed by atoms with Crippen molar-refractivity contribution in [3.63, 3.8) is 0 Å². The molecule has 1 heterocycles. The summed E-state index contributed by atoms with van der Waals surface area (Å²) < 4.78 is 7.74. The van der Waals surface area contributed by atoms with Gasteiger partial charge in [-0.05, 0) is 36.6 Å². The SMILES string of the molecule is Cc1cc(CNC(C)C)cc(C)c1OCc1ccn(C)n1. The molecule has 4 nitrogen and oxygen atoms in total. The molecule has 2 rings (SSSR count). The number of ether oxygens (including phenoxy) is 1. The number of hydrogen-bond donors (Lipinski definition) is 1. The quantitative estimate of drug-likeness (QED) is 0.887. The predicted molar refractivity (Wildman–Crippen MR) is 85.4 cm³/mol. The van der Waals surface area contributed by atoms with Crippen LogP contribution in [-0.2, 0) is 20.2 Å². The van der Waals surface area contributed by atoms with Gasteiger partial charge >= 0.3 is 0 Å². The van der Waals surface area contributed by atoms with Crippen LogP contribution in [-0.4, -0.2) is 15.8 Å². The van der Waals surface area contributed by atoms with Gasteiger partial charge in [0.05, 0.1) is 5.69 Å². The first-order chi connectivity index (χ1) is 9.95. The first-order valence-corrected chi connectivity index (χ1v) is 7.40. The Morgan fingerprint density at radius 2 is 1.90 bits per heavy atom. The first kappa shape index (κ1) is 15.6. The van der Waals surface area contributed by atoms with Gasteiger partial charge < -0.3 is 10.1 Å². The number of rotatable bonds is 6. The summed E-state index contributed by atoms with van der Waals surface area (Å²) in [5.41, 5.74) is 4.59. The predicted octanol–water partition coefficient (Wildman–Crippen LogP) is 3.11. The average Bonchev–Trinajstić information content (AvgIpc) is 2.81. The lowest BCUT2D eigenvalue weighted by molar-refractivity contribution is 0.296. The lowest BCUT2D eigenvalue weighted by atomic mass is 10.1. The number of benzene rings is 1. The van der Waals surface area contributed by atoms with Crippen molar-refractivity contribution >= 4 is 0 Å². The van der Waals surface area contributed by atoms with Gasteiger partial charge in [-0.15, -0.1) is 0 Å². The lowest BCUT2D eigenvalue weighted by Gasteiger charge is -2.15. The van der Waals surface area contributed by atoms with Crippen molar-refractivity contribution in [2.75, 3.05) is 0 Å². The van der Waals surface area contributed by atoms with E-state index in [1.54, 1.807) is 4.68 Å². The monoisotopic (exact) mass is 287 g/mol. The second kappa shape index (κ2) is 6.76. The molecule has 1 aromatic carbocycles. The van der Waals surface area contributed by atoms with Crippen LogP contribution in [0.15, 0.2) is 24.4 Å². The molecule has 0 aliphatic heterocycles. The fourth-order valence-electron chi connectivity index (χ4n) is 2.38. The summed E-state index contributed by atoms with van der Waals surface area (Å²) >= 11 is 0. The van der Waals surface area contributed by atoms with Crippen LogP contribution in [0.5, 0.6) is 5.75 Å². The van der Waals surface area contributed by atoms with Crippen LogP contribution in [0.4, 0.5) is 0 Å². The third kappa shape index (κ3) is 4.33. The molecule has 0 aliphatic carbocycles.